The molecule has 0 atom stereocenters. The number of benzene rings is 1. The van der Waals surface area contributed by atoms with E-state index in [1.165, 1.54) is 5.56 Å². The van der Waals surface area contributed by atoms with Crippen molar-refractivity contribution in [3.63, 3.8) is 0 Å². The molecule has 2 nitrogen and oxygen atoms in total. The molecule has 1 saturated carbocycles. The number of carbonyl (C=O) groups excluding carboxylic acids is 1. The highest BCUT2D eigenvalue weighted by Crippen LogP contribution is 2.31. The average Bonchev–Trinajstić information content (AvgIpc) is 3.15. The maximum absolute atomic E-state index is 12.7. The van der Waals surface area contributed by atoms with Crippen LogP contribution in [0.5, 0.6) is 0 Å². The van der Waals surface area contributed by atoms with Gasteiger partial charge in [-0.25, -0.2) is 0 Å². The Morgan fingerprint density at radius 1 is 1.40 bits per heavy atom. The predicted octanol–water partition coefficient (Wildman–Crippen LogP) is 4.62. The summed E-state index contributed by atoms with van der Waals surface area (Å²) in [6.45, 7) is 2.75. The van der Waals surface area contributed by atoms with Gasteiger partial charge in [0.2, 0.25) is 0 Å². The molecular weight excluding hydrogens is 334 g/mol. The number of halogens is 1. The highest BCUT2D eigenvalue weighted by atomic mass is 79.9. The van der Waals surface area contributed by atoms with E-state index in [1.807, 2.05) is 30.0 Å². The quantitative estimate of drug-likeness (QED) is 0.788. The monoisotopic (exact) mass is 349 g/mol. The van der Waals surface area contributed by atoms with Crippen molar-refractivity contribution in [1.82, 2.24) is 4.90 Å². The lowest BCUT2D eigenvalue weighted by atomic mass is 10.1. The van der Waals surface area contributed by atoms with E-state index in [0.717, 1.165) is 35.0 Å². The van der Waals surface area contributed by atoms with Crippen LogP contribution in [-0.2, 0) is 6.54 Å². The molecule has 1 aliphatic rings. The van der Waals surface area contributed by atoms with Crippen LogP contribution in [0, 0.1) is 6.92 Å². The molecule has 1 heterocycles. The van der Waals surface area contributed by atoms with E-state index in [0.29, 0.717) is 6.04 Å². The molecule has 1 fully saturated rings. The molecule has 1 aromatic carbocycles. The minimum absolute atomic E-state index is 0.138. The number of hydrogen-bond acceptors (Lipinski definition) is 2. The molecule has 0 N–H and O–H groups in total. The van der Waals surface area contributed by atoms with Crippen molar-refractivity contribution in [3.8, 4) is 0 Å². The van der Waals surface area contributed by atoms with Gasteiger partial charge in [-0.2, -0.15) is 11.3 Å². The molecule has 0 spiro atoms. The zero-order valence-electron chi connectivity index (χ0n) is 11.3. The van der Waals surface area contributed by atoms with Crippen molar-refractivity contribution in [2.24, 2.45) is 0 Å². The maximum Gasteiger partial charge on any atom is 0.254 e. The van der Waals surface area contributed by atoms with Gasteiger partial charge in [0.05, 0.1) is 0 Å². The molecule has 0 bridgehead atoms. The van der Waals surface area contributed by atoms with Crippen molar-refractivity contribution in [2.45, 2.75) is 32.4 Å². The lowest BCUT2D eigenvalue weighted by Gasteiger charge is -2.22. The van der Waals surface area contributed by atoms with Crippen LogP contribution in [0.4, 0.5) is 0 Å². The normalized spacial score (nSPS) is 14.3. The van der Waals surface area contributed by atoms with Crippen LogP contribution in [0.3, 0.4) is 0 Å². The lowest BCUT2D eigenvalue weighted by molar-refractivity contribution is 0.0730. The fraction of sp³-hybridized carbons (Fsp3) is 0.312. The molecule has 1 aliphatic carbocycles. The highest BCUT2D eigenvalue weighted by Gasteiger charge is 2.33. The summed E-state index contributed by atoms with van der Waals surface area (Å²) in [6, 6.07) is 8.36. The van der Waals surface area contributed by atoms with Gasteiger partial charge in [-0.3, -0.25) is 4.79 Å². The Balaban J connectivity index is 1.83. The van der Waals surface area contributed by atoms with Gasteiger partial charge in [-0.15, -0.1) is 0 Å². The third-order valence-electron chi connectivity index (χ3n) is 3.60. The van der Waals surface area contributed by atoms with E-state index in [4.69, 9.17) is 0 Å². The number of hydrogen-bond donors (Lipinski definition) is 0. The van der Waals surface area contributed by atoms with Crippen molar-refractivity contribution >= 4 is 33.2 Å². The van der Waals surface area contributed by atoms with Gasteiger partial charge in [0, 0.05) is 22.6 Å². The number of nitrogens with zero attached hydrogens (tertiary/aromatic N) is 1. The molecule has 0 unspecified atom stereocenters. The van der Waals surface area contributed by atoms with E-state index in [9.17, 15) is 4.79 Å². The summed E-state index contributed by atoms with van der Waals surface area (Å²) in [5.41, 5.74) is 3.14. The number of carbonyl (C=O) groups is 1. The minimum Gasteiger partial charge on any atom is -0.331 e. The zero-order valence-corrected chi connectivity index (χ0v) is 13.7. The van der Waals surface area contributed by atoms with E-state index >= 15 is 0 Å². The number of rotatable bonds is 4. The lowest BCUT2D eigenvalue weighted by Crippen LogP contribution is -2.32. The predicted molar refractivity (Wildman–Crippen MR) is 86.1 cm³/mol. The van der Waals surface area contributed by atoms with Crippen LogP contribution >= 0.6 is 27.3 Å². The fourth-order valence-corrected chi connectivity index (χ4v) is 3.26. The van der Waals surface area contributed by atoms with Gasteiger partial charge >= 0.3 is 0 Å². The van der Waals surface area contributed by atoms with Gasteiger partial charge in [-0.05, 0) is 59.9 Å². The highest BCUT2D eigenvalue weighted by molar-refractivity contribution is 9.10. The third kappa shape index (κ3) is 2.96. The smallest absolute Gasteiger partial charge is 0.254 e. The van der Waals surface area contributed by atoms with Crippen LogP contribution in [0.2, 0.25) is 0 Å². The summed E-state index contributed by atoms with van der Waals surface area (Å²) in [5, 5.41) is 4.18. The molecular formula is C16H16BrNOS. The van der Waals surface area contributed by atoms with E-state index in [1.54, 1.807) is 11.3 Å². The largest absolute Gasteiger partial charge is 0.331 e. The van der Waals surface area contributed by atoms with Crippen LogP contribution < -0.4 is 0 Å². The molecule has 0 radical (unpaired) electrons. The molecule has 2 aromatic rings. The van der Waals surface area contributed by atoms with Crippen LogP contribution in [0.15, 0.2) is 39.5 Å². The molecule has 0 aliphatic heterocycles. The van der Waals surface area contributed by atoms with E-state index in [-0.39, 0.29) is 5.91 Å². The molecule has 1 amide bonds. The fourth-order valence-electron chi connectivity index (χ4n) is 2.22. The summed E-state index contributed by atoms with van der Waals surface area (Å²) in [7, 11) is 0. The molecule has 3 rings (SSSR count). The number of amides is 1. The number of aryl methyl sites for hydroxylation is 1. The molecule has 1 aromatic heterocycles. The Morgan fingerprint density at radius 2 is 2.20 bits per heavy atom. The minimum atomic E-state index is 0.138. The molecule has 104 valence electrons. The average molecular weight is 350 g/mol. The van der Waals surface area contributed by atoms with Crippen molar-refractivity contribution in [2.75, 3.05) is 0 Å². The van der Waals surface area contributed by atoms with Crippen molar-refractivity contribution in [3.05, 3.63) is 56.2 Å². The zero-order chi connectivity index (χ0) is 14.1. The SMILES string of the molecule is Cc1ccc(C(=O)N(Cc2ccsc2)C2CC2)cc1Br. The summed E-state index contributed by atoms with van der Waals surface area (Å²) < 4.78 is 0.995. The Bertz CT molecular complexity index is 619. The second kappa shape index (κ2) is 5.70. The maximum atomic E-state index is 12.7. The second-order valence-electron chi connectivity index (χ2n) is 5.26. The van der Waals surface area contributed by atoms with Gasteiger partial charge in [0.15, 0.2) is 0 Å². The Labute approximate surface area is 131 Å². The van der Waals surface area contributed by atoms with Crippen LogP contribution in [0.25, 0.3) is 0 Å². The van der Waals surface area contributed by atoms with Crippen LogP contribution in [0.1, 0.15) is 34.3 Å². The molecule has 0 saturated heterocycles. The van der Waals surface area contributed by atoms with Gasteiger partial charge in [0.1, 0.15) is 0 Å². The third-order valence-corrected chi connectivity index (χ3v) is 5.19. The van der Waals surface area contributed by atoms with Gasteiger partial charge in [0.25, 0.3) is 5.91 Å². The molecule has 4 heteroatoms. The number of thiophene rings is 1. The van der Waals surface area contributed by atoms with E-state index < -0.39 is 0 Å². The standard InChI is InChI=1S/C16H16BrNOS/c1-11-2-3-13(8-15(11)17)16(19)18(14-4-5-14)9-12-6-7-20-10-12/h2-3,6-8,10,14H,4-5,9H2,1H3. The van der Waals surface area contributed by atoms with Gasteiger partial charge < -0.3 is 4.90 Å². The first-order chi connectivity index (χ1) is 9.65. The molecule has 20 heavy (non-hydrogen) atoms. The summed E-state index contributed by atoms with van der Waals surface area (Å²) in [6.07, 6.45) is 2.26. The van der Waals surface area contributed by atoms with Crippen LogP contribution in [-0.4, -0.2) is 16.8 Å². The van der Waals surface area contributed by atoms with E-state index in [2.05, 4.69) is 32.8 Å². The second-order valence-corrected chi connectivity index (χ2v) is 6.89. The summed E-state index contributed by atoms with van der Waals surface area (Å²) in [4.78, 5) is 14.7. The van der Waals surface area contributed by atoms with Crippen molar-refractivity contribution < 1.29 is 4.79 Å². The first kappa shape index (κ1) is 13.8. The summed E-state index contributed by atoms with van der Waals surface area (Å²) >= 11 is 5.19. The first-order valence-electron chi connectivity index (χ1n) is 6.73. The Kier molecular flexibility index (Phi) is 3.94. The van der Waals surface area contributed by atoms with Crippen molar-refractivity contribution in [1.29, 1.82) is 0 Å². The van der Waals surface area contributed by atoms with Gasteiger partial charge in [-0.1, -0.05) is 22.0 Å². The summed E-state index contributed by atoms with van der Waals surface area (Å²) in [5.74, 6) is 0.138. The Hall–Kier alpha value is -1.13. The first-order valence-corrected chi connectivity index (χ1v) is 8.47. The Morgan fingerprint density at radius 3 is 2.80 bits per heavy atom. The topological polar surface area (TPSA) is 20.3 Å².